The lowest BCUT2D eigenvalue weighted by Gasteiger charge is -2.14. The summed E-state index contributed by atoms with van der Waals surface area (Å²) in [7, 11) is 4.48. The molecule has 378 valence electrons. The predicted octanol–water partition coefficient (Wildman–Crippen LogP) is 12.3. The highest BCUT2D eigenvalue weighted by Crippen LogP contribution is 2.40. The fourth-order valence-electron chi connectivity index (χ4n) is 7.70. The van der Waals surface area contributed by atoms with Crippen LogP contribution in [-0.4, -0.2) is 65.8 Å². The second-order valence-electron chi connectivity index (χ2n) is 17.6. The molecule has 13 nitrogen and oxygen atoms in total. The SMILES string of the molecule is COCCn1cc(C(F)(F)F)nc1-c1ccc(COc2nc(/C(C(=N)OC)=C(/C)C3CC3)ncc2C)cc1.Cc1cnc(-c2ccccc2C(C)C)nc1OCc1ccc(-c2nc(C(F)(F)F)cn2C)cc1. The predicted molar refractivity (Wildman–Crippen MR) is 260 cm³/mol. The Labute approximate surface area is 413 Å². The van der Waals surface area contributed by atoms with Gasteiger partial charge >= 0.3 is 12.4 Å². The van der Waals surface area contributed by atoms with Gasteiger partial charge < -0.3 is 28.1 Å². The summed E-state index contributed by atoms with van der Waals surface area (Å²) in [5.41, 5.74) is 6.22. The Morgan fingerprint density at radius 3 is 1.81 bits per heavy atom. The van der Waals surface area contributed by atoms with Gasteiger partial charge in [0, 0.05) is 73.3 Å². The minimum Gasteiger partial charge on any atom is -0.481 e. The molecule has 3 aromatic carbocycles. The lowest BCUT2D eigenvalue weighted by atomic mass is 9.97. The molecule has 1 fully saturated rings. The van der Waals surface area contributed by atoms with Crippen molar-refractivity contribution in [3.8, 4) is 45.9 Å². The van der Waals surface area contributed by atoms with Gasteiger partial charge in [0.25, 0.3) is 0 Å². The molecule has 0 spiro atoms. The van der Waals surface area contributed by atoms with Crippen LogP contribution in [0.3, 0.4) is 0 Å². The minimum absolute atomic E-state index is 0.0114. The van der Waals surface area contributed by atoms with Crippen LogP contribution >= 0.6 is 0 Å². The number of methoxy groups -OCH3 is 2. The molecule has 0 aliphatic heterocycles. The average Bonchev–Trinajstić information content (AvgIpc) is 3.99. The van der Waals surface area contributed by atoms with Crippen LogP contribution in [0.5, 0.6) is 11.8 Å². The van der Waals surface area contributed by atoms with Crippen molar-refractivity contribution in [2.75, 3.05) is 20.8 Å². The van der Waals surface area contributed by atoms with Crippen molar-refractivity contribution in [1.29, 1.82) is 5.41 Å². The molecule has 0 amide bonds. The van der Waals surface area contributed by atoms with Gasteiger partial charge in [0.05, 0.1) is 19.3 Å². The van der Waals surface area contributed by atoms with Crippen molar-refractivity contribution in [1.82, 2.24) is 39.0 Å². The van der Waals surface area contributed by atoms with Crippen LogP contribution in [0, 0.1) is 25.2 Å². The molecule has 1 aliphatic carbocycles. The molecular formula is C53H55F6N9O4. The summed E-state index contributed by atoms with van der Waals surface area (Å²) in [6, 6.07) is 22.1. The van der Waals surface area contributed by atoms with Gasteiger partial charge in [-0.25, -0.2) is 19.9 Å². The number of alkyl halides is 6. The Morgan fingerprint density at radius 1 is 0.722 bits per heavy atom. The number of aryl methyl sites for hydroxylation is 3. The molecular weight excluding hydrogens is 941 g/mol. The largest absolute Gasteiger partial charge is 0.481 e. The number of allylic oxidation sites excluding steroid dienone is 1. The standard InChI is InChI=1S/C27H30F3N5O3.C26H25F3N4O/c1-16-13-32-24(22(23(31)37-4)17(2)19-9-10-19)34-26(16)38-15-18-5-7-20(8-6-18)25-33-21(27(28,29)30)14-35(25)11-12-36-3;1-16(2)20-7-5-6-8-21(20)23-30-13-17(3)25(32-23)34-15-18-9-11-19(12-10-18)24-31-22(14-33(24)4)26(27,28)29/h5-8,13-14,19,31H,9-12,15H2,1-4H3;5-14,16H,15H2,1-4H3/b22-17-,31-23?;. The molecule has 0 unspecified atom stereocenters. The Bertz CT molecular complexity index is 3030. The zero-order valence-electron chi connectivity index (χ0n) is 41.1. The molecule has 1 N–H and O–H groups in total. The maximum absolute atomic E-state index is 13.3. The van der Waals surface area contributed by atoms with E-state index in [4.69, 9.17) is 24.4 Å². The van der Waals surface area contributed by atoms with Crippen LogP contribution in [0.2, 0.25) is 0 Å². The smallest absolute Gasteiger partial charge is 0.434 e. The molecule has 4 aromatic heterocycles. The molecule has 1 aliphatic rings. The van der Waals surface area contributed by atoms with E-state index >= 15 is 0 Å². The van der Waals surface area contributed by atoms with Crippen molar-refractivity contribution < 1.29 is 45.3 Å². The third-order valence-electron chi connectivity index (χ3n) is 11.9. The summed E-state index contributed by atoms with van der Waals surface area (Å²) in [6.45, 7) is 10.9. The lowest BCUT2D eigenvalue weighted by Crippen LogP contribution is -2.11. The number of hydrogen-bond acceptors (Lipinski definition) is 11. The van der Waals surface area contributed by atoms with E-state index in [-0.39, 0.29) is 43.9 Å². The number of benzene rings is 3. The highest BCUT2D eigenvalue weighted by Gasteiger charge is 2.36. The molecule has 0 radical (unpaired) electrons. The number of ether oxygens (including phenoxy) is 4. The van der Waals surface area contributed by atoms with E-state index in [1.54, 1.807) is 55.8 Å². The third kappa shape index (κ3) is 12.7. The fraction of sp³-hybridized carbons (Fsp3) is 0.340. The summed E-state index contributed by atoms with van der Waals surface area (Å²) >= 11 is 0. The number of nitrogens with zero attached hydrogens (tertiary/aromatic N) is 8. The Morgan fingerprint density at radius 2 is 1.26 bits per heavy atom. The van der Waals surface area contributed by atoms with Gasteiger partial charge in [0.15, 0.2) is 23.0 Å². The summed E-state index contributed by atoms with van der Waals surface area (Å²) in [4.78, 5) is 25.7. The second-order valence-corrected chi connectivity index (χ2v) is 17.6. The maximum atomic E-state index is 13.3. The number of aromatic nitrogens is 8. The van der Waals surface area contributed by atoms with Crippen LogP contribution in [0.25, 0.3) is 39.7 Å². The molecule has 0 saturated heterocycles. The Hall–Kier alpha value is -7.41. The molecule has 0 bridgehead atoms. The summed E-state index contributed by atoms with van der Waals surface area (Å²) in [5, 5.41) is 8.25. The Balaban J connectivity index is 0.000000213. The number of halogens is 6. The van der Waals surface area contributed by atoms with Gasteiger partial charge in [-0.05, 0) is 62.1 Å². The number of nitrogens with one attached hydrogen (secondary N) is 1. The van der Waals surface area contributed by atoms with Crippen molar-refractivity contribution >= 4 is 11.5 Å². The maximum Gasteiger partial charge on any atom is 0.434 e. The number of imidazole rings is 2. The first-order valence-corrected chi connectivity index (χ1v) is 23.0. The zero-order valence-corrected chi connectivity index (χ0v) is 41.1. The molecule has 7 aromatic rings. The monoisotopic (exact) mass is 995 g/mol. The van der Waals surface area contributed by atoms with Gasteiger partial charge in [0.1, 0.15) is 24.9 Å². The van der Waals surface area contributed by atoms with Crippen LogP contribution < -0.4 is 9.47 Å². The third-order valence-corrected chi connectivity index (χ3v) is 11.9. The van der Waals surface area contributed by atoms with Crippen LogP contribution in [-0.2, 0) is 48.6 Å². The molecule has 4 heterocycles. The zero-order chi connectivity index (χ0) is 51.9. The summed E-state index contributed by atoms with van der Waals surface area (Å²) in [6.07, 6.45) is -1.49. The normalized spacial score (nSPS) is 13.1. The van der Waals surface area contributed by atoms with E-state index < -0.39 is 23.7 Å². The van der Waals surface area contributed by atoms with E-state index in [9.17, 15) is 26.3 Å². The average molecular weight is 996 g/mol. The second kappa shape index (κ2) is 22.3. The quantitative estimate of drug-likeness (QED) is 0.0563. The van der Waals surface area contributed by atoms with Gasteiger partial charge in [-0.15, -0.1) is 0 Å². The highest BCUT2D eigenvalue weighted by molar-refractivity contribution is 6.17. The van der Waals surface area contributed by atoms with Crippen molar-refractivity contribution in [2.45, 2.75) is 85.5 Å². The number of rotatable bonds is 16. The molecule has 19 heteroatoms. The molecule has 0 atom stereocenters. The first-order valence-electron chi connectivity index (χ1n) is 23.0. The van der Waals surface area contributed by atoms with E-state index in [1.165, 1.54) is 23.4 Å². The summed E-state index contributed by atoms with van der Waals surface area (Å²) < 4.78 is 104. The van der Waals surface area contributed by atoms with Crippen molar-refractivity contribution in [3.63, 3.8) is 0 Å². The van der Waals surface area contributed by atoms with Crippen molar-refractivity contribution in [3.05, 3.63) is 148 Å². The van der Waals surface area contributed by atoms with E-state index in [1.807, 2.05) is 51.1 Å². The van der Waals surface area contributed by atoms with Crippen LogP contribution in [0.4, 0.5) is 26.3 Å². The van der Waals surface area contributed by atoms with Crippen LogP contribution in [0.1, 0.15) is 84.6 Å². The number of hydrogen-bond donors (Lipinski definition) is 1. The minimum atomic E-state index is -4.54. The van der Waals surface area contributed by atoms with E-state index in [2.05, 4.69) is 49.8 Å². The first kappa shape index (κ1) is 52.4. The Kier molecular flexibility index (Phi) is 16.3. The first-order chi connectivity index (χ1) is 34.2. The van der Waals surface area contributed by atoms with Gasteiger partial charge in [0.2, 0.25) is 17.7 Å². The van der Waals surface area contributed by atoms with Gasteiger partial charge in [-0.2, -0.15) is 36.3 Å². The van der Waals surface area contributed by atoms with Crippen LogP contribution in [0.15, 0.2) is 103 Å². The molecule has 1 saturated carbocycles. The van der Waals surface area contributed by atoms with Gasteiger partial charge in [-0.3, -0.25) is 5.41 Å². The molecule has 8 rings (SSSR count). The van der Waals surface area contributed by atoms with Gasteiger partial charge in [-0.1, -0.05) is 92.2 Å². The highest BCUT2D eigenvalue weighted by atomic mass is 19.4. The molecule has 72 heavy (non-hydrogen) atoms. The summed E-state index contributed by atoms with van der Waals surface area (Å²) in [5.74, 6) is 3.07. The lowest BCUT2D eigenvalue weighted by molar-refractivity contribution is -0.141. The fourth-order valence-corrected chi connectivity index (χ4v) is 7.70. The van der Waals surface area contributed by atoms with E-state index in [0.29, 0.717) is 51.9 Å². The topological polar surface area (TPSA) is 148 Å². The van der Waals surface area contributed by atoms with E-state index in [0.717, 1.165) is 64.2 Å². The van der Waals surface area contributed by atoms with Crippen molar-refractivity contribution in [2.24, 2.45) is 13.0 Å².